The lowest BCUT2D eigenvalue weighted by Crippen LogP contribution is -1.92. The van der Waals surface area contributed by atoms with Crippen LogP contribution in [0.3, 0.4) is 0 Å². The highest BCUT2D eigenvalue weighted by Crippen LogP contribution is 2.20. The second kappa shape index (κ2) is 3.92. The van der Waals surface area contributed by atoms with Crippen LogP contribution in [0.15, 0.2) is 45.7 Å². The van der Waals surface area contributed by atoms with Gasteiger partial charge in [0.15, 0.2) is 5.58 Å². The zero-order chi connectivity index (χ0) is 12.5. The Bertz CT molecular complexity index is 743. The number of hydrogen-bond acceptors (Lipinski definition) is 5. The Morgan fingerprint density at radius 3 is 2.83 bits per heavy atom. The number of anilines is 2. The molecule has 0 spiro atoms. The number of hydrogen-bond donors (Lipinski definition) is 3. The van der Waals surface area contributed by atoms with Gasteiger partial charge in [-0.2, -0.15) is 0 Å². The summed E-state index contributed by atoms with van der Waals surface area (Å²) >= 11 is 0. The normalized spacial score (nSPS) is 10.7. The molecule has 90 valence electrons. The number of aromatic hydroxyl groups is 1. The molecule has 2 heterocycles. The van der Waals surface area contributed by atoms with E-state index in [1.54, 1.807) is 24.3 Å². The Kier molecular flexibility index (Phi) is 2.26. The molecule has 0 bridgehead atoms. The van der Waals surface area contributed by atoms with Gasteiger partial charge in [-0.15, -0.1) is 0 Å². The molecule has 0 unspecified atom stereocenters. The summed E-state index contributed by atoms with van der Waals surface area (Å²) in [6, 6.07) is 8.44. The van der Waals surface area contributed by atoms with Gasteiger partial charge in [-0.1, -0.05) is 0 Å². The number of nitrogens with one attached hydrogen (secondary N) is 2. The smallest absolute Gasteiger partial charge is 0.417 e. The van der Waals surface area contributed by atoms with Crippen LogP contribution in [-0.4, -0.2) is 15.1 Å². The second-order valence-electron chi connectivity index (χ2n) is 3.76. The van der Waals surface area contributed by atoms with Gasteiger partial charge >= 0.3 is 5.76 Å². The lowest BCUT2D eigenvalue weighted by molar-refractivity contribution is 0.453. The average molecular weight is 243 g/mol. The van der Waals surface area contributed by atoms with Gasteiger partial charge in [0.1, 0.15) is 0 Å². The fourth-order valence-corrected chi connectivity index (χ4v) is 1.65. The van der Waals surface area contributed by atoms with E-state index in [1.165, 1.54) is 12.3 Å². The Morgan fingerprint density at radius 2 is 2.06 bits per heavy atom. The number of oxazole rings is 1. The third-order valence-corrected chi connectivity index (χ3v) is 2.46. The lowest BCUT2D eigenvalue weighted by atomic mass is 10.2. The number of benzene rings is 1. The predicted octanol–water partition coefficient (Wildman–Crippen LogP) is 1.97. The van der Waals surface area contributed by atoms with Gasteiger partial charge in [0.2, 0.25) is 5.88 Å². The first-order chi connectivity index (χ1) is 8.70. The van der Waals surface area contributed by atoms with Gasteiger partial charge in [0, 0.05) is 17.8 Å². The number of H-pyrrole nitrogens is 1. The molecule has 0 fully saturated rings. The molecule has 0 atom stereocenters. The zero-order valence-corrected chi connectivity index (χ0v) is 9.18. The van der Waals surface area contributed by atoms with Crippen LogP contribution in [0.25, 0.3) is 11.1 Å². The molecule has 3 aromatic rings. The summed E-state index contributed by atoms with van der Waals surface area (Å²) in [4.78, 5) is 17.3. The Labute approximate surface area is 101 Å². The van der Waals surface area contributed by atoms with Crippen molar-refractivity contribution in [3.63, 3.8) is 0 Å². The van der Waals surface area contributed by atoms with Crippen LogP contribution in [0.4, 0.5) is 11.4 Å². The maximum atomic E-state index is 11.0. The van der Waals surface area contributed by atoms with Crippen LogP contribution in [0.2, 0.25) is 0 Å². The molecule has 3 rings (SSSR count). The highest BCUT2D eigenvalue weighted by Gasteiger charge is 2.02. The molecule has 0 radical (unpaired) electrons. The second-order valence-corrected chi connectivity index (χ2v) is 3.76. The van der Waals surface area contributed by atoms with E-state index < -0.39 is 5.76 Å². The minimum atomic E-state index is -0.478. The average Bonchev–Trinajstić information content (AvgIpc) is 2.71. The first kappa shape index (κ1) is 10.4. The number of fused-ring (bicyclic) bond motifs is 1. The number of nitrogens with zero attached hydrogens (tertiary/aromatic N) is 1. The van der Waals surface area contributed by atoms with Crippen LogP contribution in [0.5, 0.6) is 5.88 Å². The fourth-order valence-electron chi connectivity index (χ4n) is 1.65. The summed E-state index contributed by atoms with van der Waals surface area (Å²) in [7, 11) is 0. The SMILES string of the molecule is O=c1[nH]c2ccc(Nc3ccc(O)nc3)cc2o1. The molecule has 0 saturated heterocycles. The zero-order valence-electron chi connectivity index (χ0n) is 9.18. The molecular formula is C12H9N3O3. The predicted molar refractivity (Wildman–Crippen MR) is 66.0 cm³/mol. The molecule has 6 heteroatoms. The topological polar surface area (TPSA) is 91.2 Å². The van der Waals surface area contributed by atoms with Crippen molar-refractivity contribution in [2.24, 2.45) is 0 Å². The third kappa shape index (κ3) is 1.91. The minimum absolute atomic E-state index is 0.0346. The molecule has 0 aliphatic heterocycles. The summed E-state index contributed by atoms with van der Waals surface area (Å²) in [5.41, 5.74) is 2.62. The van der Waals surface area contributed by atoms with Gasteiger partial charge in [-0.05, 0) is 18.2 Å². The van der Waals surface area contributed by atoms with Crippen LogP contribution in [0.1, 0.15) is 0 Å². The Hall–Kier alpha value is -2.76. The van der Waals surface area contributed by atoms with E-state index >= 15 is 0 Å². The van der Waals surface area contributed by atoms with E-state index in [4.69, 9.17) is 9.52 Å². The van der Waals surface area contributed by atoms with E-state index in [2.05, 4.69) is 15.3 Å². The number of aromatic amines is 1. The van der Waals surface area contributed by atoms with Gasteiger partial charge in [-0.25, -0.2) is 9.78 Å². The van der Waals surface area contributed by atoms with Gasteiger partial charge in [0.05, 0.1) is 17.4 Å². The van der Waals surface area contributed by atoms with E-state index in [0.29, 0.717) is 11.1 Å². The number of aromatic nitrogens is 2. The fraction of sp³-hybridized carbons (Fsp3) is 0. The van der Waals surface area contributed by atoms with E-state index in [0.717, 1.165) is 11.4 Å². The van der Waals surface area contributed by atoms with Crippen molar-refractivity contribution in [3.05, 3.63) is 47.1 Å². The van der Waals surface area contributed by atoms with Crippen molar-refractivity contribution in [3.8, 4) is 5.88 Å². The quantitative estimate of drug-likeness (QED) is 0.640. The van der Waals surface area contributed by atoms with Crippen molar-refractivity contribution < 1.29 is 9.52 Å². The van der Waals surface area contributed by atoms with Gasteiger partial charge in [0.25, 0.3) is 0 Å². The summed E-state index contributed by atoms with van der Waals surface area (Å²) in [5, 5.41) is 12.2. The maximum Gasteiger partial charge on any atom is 0.417 e. The highest BCUT2D eigenvalue weighted by molar-refractivity contribution is 5.78. The van der Waals surface area contributed by atoms with Crippen molar-refractivity contribution in [1.82, 2.24) is 9.97 Å². The van der Waals surface area contributed by atoms with E-state index in [-0.39, 0.29) is 5.88 Å². The van der Waals surface area contributed by atoms with Crippen LogP contribution in [0, 0.1) is 0 Å². The monoisotopic (exact) mass is 243 g/mol. The van der Waals surface area contributed by atoms with Gasteiger partial charge < -0.3 is 14.8 Å². The summed E-state index contributed by atoms with van der Waals surface area (Å²) in [6.07, 6.45) is 1.51. The maximum absolute atomic E-state index is 11.0. The van der Waals surface area contributed by atoms with Crippen molar-refractivity contribution in [2.75, 3.05) is 5.32 Å². The molecule has 1 aromatic carbocycles. The molecule has 18 heavy (non-hydrogen) atoms. The molecular weight excluding hydrogens is 234 g/mol. The molecule has 3 N–H and O–H groups in total. The molecule has 6 nitrogen and oxygen atoms in total. The molecule has 0 aliphatic rings. The standard InChI is InChI=1S/C12H9N3O3/c16-11-4-2-8(6-13-11)14-7-1-3-9-10(5-7)18-12(17)15-9/h1-6,14H,(H,13,16)(H,15,17). The Balaban J connectivity index is 1.94. The van der Waals surface area contributed by atoms with Crippen LogP contribution in [-0.2, 0) is 0 Å². The molecule has 0 amide bonds. The Morgan fingerprint density at radius 1 is 1.22 bits per heavy atom. The molecule has 2 aromatic heterocycles. The molecule has 0 aliphatic carbocycles. The number of pyridine rings is 1. The van der Waals surface area contributed by atoms with Gasteiger partial charge in [-0.3, -0.25) is 4.98 Å². The summed E-state index contributed by atoms with van der Waals surface area (Å²) in [5.74, 6) is -0.513. The first-order valence-electron chi connectivity index (χ1n) is 5.26. The highest BCUT2D eigenvalue weighted by atomic mass is 16.4. The minimum Gasteiger partial charge on any atom is -0.493 e. The molecule has 0 saturated carbocycles. The summed E-state index contributed by atoms with van der Waals surface area (Å²) < 4.78 is 4.96. The van der Waals surface area contributed by atoms with Crippen LogP contribution >= 0.6 is 0 Å². The largest absolute Gasteiger partial charge is 0.493 e. The van der Waals surface area contributed by atoms with Crippen molar-refractivity contribution in [1.29, 1.82) is 0 Å². The number of rotatable bonds is 2. The summed E-state index contributed by atoms with van der Waals surface area (Å²) in [6.45, 7) is 0. The van der Waals surface area contributed by atoms with Crippen molar-refractivity contribution >= 4 is 22.5 Å². The first-order valence-corrected chi connectivity index (χ1v) is 5.26. The van der Waals surface area contributed by atoms with E-state index in [9.17, 15) is 4.79 Å². The van der Waals surface area contributed by atoms with E-state index in [1.807, 2.05) is 0 Å². The third-order valence-electron chi connectivity index (χ3n) is 2.46. The lowest BCUT2D eigenvalue weighted by Gasteiger charge is -2.05. The van der Waals surface area contributed by atoms with Crippen LogP contribution < -0.4 is 11.1 Å². The van der Waals surface area contributed by atoms with Crippen molar-refractivity contribution in [2.45, 2.75) is 0 Å².